The summed E-state index contributed by atoms with van der Waals surface area (Å²) >= 11 is 0. The van der Waals surface area contributed by atoms with Crippen LogP contribution in [0, 0.1) is 0 Å². The van der Waals surface area contributed by atoms with Crippen molar-refractivity contribution >= 4 is 29.1 Å². The summed E-state index contributed by atoms with van der Waals surface area (Å²) < 4.78 is 1.10. The van der Waals surface area contributed by atoms with Crippen molar-refractivity contribution in [2.75, 3.05) is 16.1 Å². The minimum absolute atomic E-state index is 0.214. The van der Waals surface area contributed by atoms with Crippen LogP contribution in [0.3, 0.4) is 0 Å². The minimum atomic E-state index is -1.04. The Morgan fingerprint density at radius 3 is 2.48 bits per heavy atom. The Hall–Kier alpha value is -3.23. The number of carbonyl (C=O) groups excluding carboxylic acids is 3. The van der Waals surface area contributed by atoms with E-state index in [1.807, 2.05) is 0 Å². The lowest BCUT2D eigenvalue weighted by Crippen LogP contribution is -2.44. The van der Waals surface area contributed by atoms with Gasteiger partial charge in [0.15, 0.2) is 0 Å². The highest BCUT2D eigenvalue weighted by molar-refractivity contribution is 6.47. The van der Waals surface area contributed by atoms with Gasteiger partial charge in [0.1, 0.15) is 12.7 Å². The number of anilines is 2. The van der Waals surface area contributed by atoms with E-state index in [4.69, 9.17) is 5.73 Å². The molecule has 0 spiro atoms. The van der Waals surface area contributed by atoms with E-state index >= 15 is 0 Å². The summed E-state index contributed by atoms with van der Waals surface area (Å²) in [5.74, 6) is -2.65. The summed E-state index contributed by atoms with van der Waals surface area (Å²) in [6, 6.07) is 6.10. The standard InChI is InChI=1S/C12H12N6O3/c1-8(19)18(10-4-2-3-9(13)5-10)12(21)11(20)16-17-6-14-15-7-17/h2-7H,13H2,1H3,(H,16,20). The fraction of sp³-hybridized carbons (Fsp3) is 0.0833. The van der Waals surface area contributed by atoms with Crippen molar-refractivity contribution < 1.29 is 14.4 Å². The highest BCUT2D eigenvalue weighted by Crippen LogP contribution is 2.18. The minimum Gasteiger partial charge on any atom is -0.399 e. The molecule has 0 saturated heterocycles. The Kier molecular flexibility index (Phi) is 3.93. The van der Waals surface area contributed by atoms with Crippen molar-refractivity contribution in [3.05, 3.63) is 36.9 Å². The molecule has 21 heavy (non-hydrogen) atoms. The average Bonchev–Trinajstić information content (AvgIpc) is 2.91. The lowest BCUT2D eigenvalue weighted by Gasteiger charge is -2.18. The number of carbonyl (C=O) groups is 3. The number of nitrogens with two attached hydrogens (primary N) is 1. The van der Waals surface area contributed by atoms with Gasteiger partial charge in [-0.15, -0.1) is 10.2 Å². The molecule has 0 aliphatic carbocycles. The van der Waals surface area contributed by atoms with E-state index in [1.54, 1.807) is 12.1 Å². The van der Waals surface area contributed by atoms with Crippen molar-refractivity contribution in [3.63, 3.8) is 0 Å². The van der Waals surface area contributed by atoms with Gasteiger partial charge in [0.2, 0.25) is 5.91 Å². The second-order valence-electron chi connectivity index (χ2n) is 4.06. The van der Waals surface area contributed by atoms with Crippen LogP contribution in [0.25, 0.3) is 0 Å². The summed E-state index contributed by atoms with van der Waals surface area (Å²) in [6.07, 6.45) is 2.40. The quantitative estimate of drug-likeness (QED) is 0.567. The monoisotopic (exact) mass is 288 g/mol. The predicted molar refractivity (Wildman–Crippen MR) is 73.4 cm³/mol. The van der Waals surface area contributed by atoms with Gasteiger partial charge in [0, 0.05) is 12.6 Å². The molecule has 9 nitrogen and oxygen atoms in total. The van der Waals surface area contributed by atoms with Crippen LogP contribution in [-0.4, -0.2) is 32.6 Å². The molecule has 0 atom stereocenters. The summed E-state index contributed by atoms with van der Waals surface area (Å²) in [5, 5.41) is 6.95. The van der Waals surface area contributed by atoms with Crippen molar-refractivity contribution in [2.24, 2.45) is 0 Å². The molecule has 108 valence electrons. The van der Waals surface area contributed by atoms with Crippen LogP contribution in [0.15, 0.2) is 36.9 Å². The first-order valence-electron chi connectivity index (χ1n) is 5.85. The van der Waals surface area contributed by atoms with Crippen molar-refractivity contribution in [1.82, 2.24) is 14.9 Å². The van der Waals surface area contributed by atoms with Gasteiger partial charge in [-0.3, -0.25) is 19.8 Å². The van der Waals surface area contributed by atoms with Crippen LogP contribution in [0.5, 0.6) is 0 Å². The van der Waals surface area contributed by atoms with E-state index in [0.29, 0.717) is 5.69 Å². The molecule has 1 aromatic carbocycles. The Bertz CT molecular complexity index is 682. The Morgan fingerprint density at radius 1 is 1.24 bits per heavy atom. The number of benzene rings is 1. The third-order valence-electron chi connectivity index (χ3n) is 2.49. The average molecular weight is 288 g/mol. The van der Waals surface area contributed by atoms with Crippen LogP contribution in [0.2, 0.25) is 0 Å². The smallest absolute Gasteiger partial charge is 0.329 e. The molecular weight excluding hydrogens is 276 g/mol. The molecule has 0 radical (unpaired) electrons. The highest BCUT2D eigenvalue weighted by atomic mass is 16.2. The number of aromatic nitrogens is 3. The Labute approximate surface area is 119 Å². The maximum absolute atomic E-state index is 12.1. The molecular formula is C12H12N6O3. The Morgan fingerprint density at radius 2 is 1.90 bits per heavy atom. The number of amides is 3. The lowest BCUT2D eigenvalue weighted by atomic mass is 10.2. The SMILES string of the molecule is CC(=O)N(C(=O)C(=O)Nn1cnnc1)c1cccc(N)c1. The van der Waals surface area contributed by atoms with Gasteiger partial charge in [0.25, 0.3) is 0 Å². The second kappa shape index (κ2) is 5.82. The molecule has 0 aliphatic rings. The number of nitrogen functional groups attached to an aromatic ring is 1. The topological polar surface area (TPSA) is 123 Å². The first-order valence-corrected chi connectivity index (χ1v) is 5.85. The second-order valence-corrected chi connectivity index (χ2v) is 4.06. The molecule has 1 heterocycles. The number of nitrogens with zero attached hydrogens (tertiary/aromatic N) is 4. The number of rotatable bonds is 2. The number of nitrogens with one attached hydrogen (secondary N) is 1. The van der Waals surface area contributed by atoms with Gasteiger partial charge in [-0.05, 0) is 18.2 Å². The van der Waals surface area contributed by atoms with Crippen molar-refractivity contribution in [3.8, 4) is 0 Å². The van der Waals surface area contributed by atoms with Gasteiger partial charge in [-0.1, -0.05) is 6.07 Å². The maximum Gasteiger partial charge on any atom is 0.329 e. The highest BCUT2D eigenvalue weighted by Gasteiger charge is 2.27. The zero-order valence-corrected chi connectivity index (χ0v) is 11.1. The van der Waals surface area contributed by atoms with Gasteiger partial charge >= 0.3 is 11.8 Å². The Balaban J connectivity index is 2.24. The molecule has 0 aliphatic heterocycles. The first-order chi connectivity index (χ1) is 9.99. The zero-order valence-electron chi connectivity index (χ0n) is 11.1. The van der Waals surface area contributed by atoms with E-state index in [2.05, 4.69) is 15.6 Å². The molecule has 1 aromatic heterocycles. The van der Waals surface area contributed by atoms with Crippen molar-refractivity contribution in [2.45, 2.75) is 6.92 Å². The largest absolute Gasteiger partial charge is 0.399 e. The van der Waals surface area contributed by atoms with Gasteiger partial charge in [-0.2, -0.15) is 0 Å². The molecule has 0 fully saturated rings. The predicted octanol–water partition coefficient (Wildman–Crippen LogP) is -0.490. The summed E-state index contributed by atoms with van der Waals surface area (Å²) in [4.78, 5) is 36.4. The maximum atomic E-state index is 12.1. The summed E-state index contributed by atoms with van der Waals surface area (Å²) in [6.45, 7) is 1.17. The van der Waals surface area contributed by atoms with Crippen LogP contribution in [0.1, 0.15) is 6.92 Å². The fourth-order valence-electron chi connectivity index (χ4n) is 1.63. The molecule has 0 saturated carbocycles. The van der Waals surface area contributed by atoms with Crippen molar-refractivity contribution in [1.29, 1.82) is 0 Å². The van der Waals surface area contributed by atoms with E-state index in [-0.39, 0.29) is 5.69 Å². The van der Waals surface area contributed by atoms with Gasteiger partial charge in [0.05, 0.1) is 5.69 Å². The normalized spacial score (nSPS) is 9.95. The third kappa shape index (κ3) is 3.21. The van der Waals surface area contributed by atoms with E-state index in [0.717, 1.165) is 9.58 Å². The summed E-state index contributed by atoms with van der Waals surface area (Å²) in [5.41, 5.74) is 8.41. The number of imide groups is 1. The molecule has 0 unspecified atom stereocenters. The summed E-state index contributed by atoms with van der Waals surface area (Å²) in [7, 11) is 0. The molecule has 3 amide bonds. The van der Waals surface area contributed by atoms with Crippen LogP contribution >= 0.6 is 0 Å². The molecule has 2 aromatic rings. The van der Waals surface area contributed by atoms with Crippen LogP contribution in [-0.2, 0) is 14.4 Å². The molecule has 0 bridgehead atoms. The zero-order chi connectivity index (χ0) is 15.4. The van der Waals surface area contributed by atoms with Gasteiger partial charge < -0.3 is 5.73 Å². The molecule has 3 N–H and O–H groups in total. The van der Waals surface area contributed by atoms with E-state index < -0.39 is 17.7 Å². The van der Waals surface area contributed by atoms with Crippen LogP contribution < -0.4 is 16.1 Å². The molecule has 2 rings (SSSR count). The van der Waals surface area contributed by atoms with E-state index in [9.17, 15) is 14.4 Å². The van der Waals surface area contributed by atoms with Crippen LogP contribution in [0.4, 0.5) is 11.4 Å². The third-order valence-corrected chi connectivity index (χ3v) is 2.49. The number of hydrogen-bond acceptors (Lipinski definition) is 6. The number of hydrogen-bond donors (Lipinski definition) is 2. The van der Waals surface area contributed by atoms with Gasteiger partial charge in [-0.25, -0.2) is 9.58 Å². The molecule has 9 heteroatoms. The lowest BCUT2D eigenvalue weighted by molar-refractivity contribution is -0.137. The van der Waals surface area contributed by atoms with E-state index in [1.165, 1.54) is 31.7 Å². The fourth-order valence-corrected chi connectivity index (χ4v) is 1.63. The first kappa shape index (κ1) is 14.2.